The van der Waals surface area contributed by atoms with Gasteiger partial charge in [-0.15, -0.1) is 10.2 Å². The molecule has 2 aromatic heterocycles. The summed E-state index contributed by atoms with van der Waals surface area (Å²) < 4.78 is 0.890. The van der Waals surface area contributed by atoms with Crippen LogP contribution in [0.25, 0.3) is 21.6 Å². The molecule has 18 heteroatoms. The minimum absolute atomic E-state index is 0.0792. The van der Waals surface area contributed by atoms with Crippen molar-refractivity contribution in [3.05, 3.63) is 87.4 Å². The van der Waals surface area contributed by atoms with Crippen molar-refractivity contribution in [1.29, 1.82) is 5.26 Å². The first kappa shape index (κ1) is 33.2. The number of H-pyrrole nitrogens is 1. The molecule has 15 nitrogen and oxygen atoms in total. The summed E-state index contributed by atoms with van der Waals surface area (Å²) in [6, 6.07) is 18.6. The molecule has 0 radical (unpaired) electrons. The van der Waals surface area contributed by atoms with Gasteiger partial charge in [0, 0.05) is 25.1 Å². The van der Waals surface area contributed by atoms with Crippen LogP contribution >= 0.6 is 34.5 Å². The average Bonchev–Trinajstić information content (AvgIpc) is 3.85. The van der Waals surface area contributed by atoms with E-state index in [9.17, 15) is 19.6 Å². The Morgan fingerprint density at radius 2 is 1.92 bits per heavy atom. The van der Waals surface area contributed by atoms with Crippen LogP contribution < -0.4 is 11.1 Å². The normalized spacial score (nSPS) is 17.6. The number of amides is 4. The number of carbonyl (C=O) groups excluding carboxylic acids is 3. The maximum Gasteiger partial charge on any atom is 0.333 e. The molecule has 7 rings (SSSR count). The van der Waals surface area contributed by atoms with E-state index in [-0.39, 0.29) is 51.0 Å². The molecule has 0 unspecified atom stereocenters. The Bertz CT molecular complexity index is 2120. The van der Waals surface area contributed by atoms with E-state index in [1.54, 1.807) is 28.1 Å². The van der Waals surface area contributed by atoms with E-state index in [0.717, 1.165) is 21.4 Å². The van der Waals surface area contributed by atoms with Crippen molar-refractivity contribution in [2.75, 3.05) is 25.4 Å². The molecule has 254 valence electrons. The van der Waals surface area contributed by atoms with Gasteiger partial charge in [-0.3, -0.25) is 9.59 Å². The first-order valence-corrected chi connectivity index (χ1v) is 17.0. The number of fused-ring (bicyclic) bond motifs is 2. The summed E-state index contributed by atoms with van der Waals surface area (Å²) in [5.74, 6) is -0.172. The second-order valence-electron chi connectivity index (χ2n) is 11.7. The maximum absolute atomic E-state index is 14.3. The van der Waals surface area contributed by atoms with Crippen LogP contribution in [0.3, 0.4) is 0 Å². The third kappa shape index (κ3) is 6.51. The van der Waals surface area contributed by atoms with Crippen LogP contribution in [0.2, 0.25) is 10.0 Å². The van der Waals surface area contributed by atoms with Gasteiger partial charge in [-0.2, -0.15) is 15.5 Å². The highest BCUT2D eigenvalue weighted by Gasteiger charge is 2.52. The van der Waals surface area contributed by atoms with Crippen molar-refractivity contribution < 1.29 is 14.4 Å². The van der Waals surface area contributed by atoms with Gasteiger partial charge in [0.05, 0.1) is 39.4 Å². The van der Waals surface area contributed by atoms with Crippen LogP contribution in [0.1, 0.15) is 16.7 Å². The molecule has 2 saturated heterocycles. The molecule has 2 atom stereocenters. The van der Waals surface area contributed by atoms with Gasteiger partial charge in [-0.1, -0.05) is 77.0 Å². The lowest BCUT2D eigenvalue weighted by Gasteiger charge is -2.46. The Morgan fingerprint density at radius 1 is 1.12 bits per heavy atom. The number of tetrazole rings is 1. The van der Waals surface area contributed by atoms with Crippen LogP contribution in [0.15, 0.2) is 60.7 Å². The van der Waals surface area contributed by atoms with Crippen LogP contribution in [0, 0.1) is 11.3 Å². The number of para-hydroxylation sites is 1. The summed E-state index contributed by atoms with van der Waals surface area (Å²) in [6.07, 6.45) is -0.541. The number of anilines is 1. The molecule has 5 aromatic rings. The number of carbonyl (C=O) groups is 3. The predicted molar refractivity (Wildman–Crippen MR) is 185 cm³/mol. The third-order valence-corrected chi connectivity index (χ3v) is 10.2. The first-order valence-electron chi connectivity index (χ1n) is 15.4. The van der Waals surface area contributed by atoms with Crippen molar-refractivity contribution in [1.82, 2.24) is 50.7 Å². The highest BCUT2D eigenvalue weighted by atomic mass is 35.5. The molecule has 2 aliphatic heterocycles. The number of piperazine rings is 1. The number of urea groups is 1. The van der Waals surface area contributed by atoms with Gasteiger partial charge >= 0.3 is 6.03 Å². The molecule has 2 fully saturated rings. The summed E-state index contributed by atoms with van der Waals surface area (Å²) in [5, 5.41) is 30.5. The number of nitrogens with two attached hydrogens (primary N) is 1. The van der Waals surface area contributed by atoms with Gasteiger partial charge in [0.2, 0.25) is 17.6 Å². The van der Waals surface area contributed by atoms with Gasteiger partial charge in [-0.25, -0.2) is 14.8 Å². The molecule has 50 heavy (non-hydrogen) atoms. The van der Waals surface area contributed by atoms with Gasteiger partial charge in [0.15, 0.2) is 5.13 Å². The molecule has 0 saturated carbocycles. The number of hydrazine groups is 1. The number of nitrogen functional groups attached to an aromatic ring is 1. The number of nitrogens with one attached hydrogen (secondary N) is 2. The molecular formula is C32H28Cl2N12O3S. The average molecular weight is 732 g/mol. The minimum atomic E-state index is -0.898. The number of hydrogen-bond acceptors (Lipinski definition) is 11. The van der Waals surface area contributed by atoms with Crippen molar-refractivity contribution in [2.24, 2.45) is 0 Å². The van der Waals surface area contributed by atoms with Crippen molar-refractivity contribution in [3.8, 4) is 17.5 Å². The maximum atomic E-state index is 14.3. The summed E-state index contributed by atoms with van der Waals surface area (Å²) in [4.78, 5) is 49.5. The van der Waals surface area contributed by atoms with Gasteiger partial charge in [-0.05, 0) is 40.1 Å². The van der Waals surface area contributed by atoms with E-state index in [1.165, 1.54) is 21.2 Å². The molecule has 0 spiro atoms. The Kier molecular flexibility index (Phi) is 9.21. The van der Waals surface area contributed by atoms with Crippen molar-refractivity contribution >= 4 is 67.7 Å². The van der Waals surface area contributed by atoms with Crippen molar-refractivity contribution in [2.45, 2.75) is 31.7 Å². The Labute approximate surface area is 299 Å². The fourth-order valence-corrected chi connectivity index (χ4v) is 7.41. The fourth-order valence-electron chi connectivity index (χ4n) is 6.31. The third-order valence-electron chi connectivity index (χ3n) is 8.63. The number of aromatic nitrogens is 5. The standard InChI is InChI=1S/C32H28Cl2N12O3S/c33-22-9-6-19(12-23(22)34)14-37-32(49)44(11-10-35)45-17-27(47)46-24(13-18-4-7-20(8-5-18)29-39-41-42-40-29)30(48)43(16-26(45)46)15-21-2-1-3-25-28(21)38-31(36)50-25/h1-9,12,24,26H,11,13-17H2,(H2,36,38)(H,37,49)(H,39,40,41,42)/t24-,26+/m0/s1. The number of hydrogen-bond donors (Lipinski definition) is 3. The van der Waals surface area contributed by atoms with E-state index in [1.807, 2.05) is 48.5 Å². The lowest BCUT2D eigenvalue weighted by Crippen LogP contribution is -2.66. The molecule has 4 N–H and O–H groups in total. The topological polar surface area (TPSA) is 193 Å². The van der Waals surface area contributed by atoms with Crippen LogP contribution in [-0.4, -0.2) is 95.1 Å². The van der Waals surface area contributed by atoms with Crippen LogP contribution in [-0.2, 0) is 29.1 Å². The monoisotopic (exact) mass is 730 g/mol. The lowest BCUT2D eigenvalue weighted by atomic mass is 9.99. The Hall–Kier alpha value is -5.34. The number of nitriles is 1. The smallest absolute Gasteiger partial charge is 0.333 e. The lowest BCUT2D eigenvalue weighted by molar-refractivity contribution is -0.157. The van der Waals surface area contributed by atoms with E-state index in [4.69, 9.17) is 28.9 Å². The number of benzene rings is 3. The zero-order valence-electron chi connectivity index (χ0n) is 26.2. The molecule has 3 aromatic carbocycles. The number of aromatic amines is 1. The minimum Gasteiger partial charge on any atom is -0.375 e. The highest BCUT2D eigenvalue weighted by Crippen LogP contribution is 2.33. The Balaban J connectivity index is 1.19. The molecular weight excluding hydrogens is 703 g/mol. The SMILES string of the molecule is N#CCN(C(=O)NCc1ccc(Cl)c(Cl)c1)N1CC(=O)N2[C@@H](Cc3ccc(-c4nn[nH]n4)cc3)C(=O)N(Cc3cccc4sc(N)nc34)C[C@@H]21. The number of nitrogens with zero attached hydrogens (tertiary/aromatic N) is 9. The largest absolute Gasteiger partial charge is 0.375 e. The number of rotatable bonds is 9. The number of halogens is 2. The number of thiazole rings is 1. The van der Waals surface area contributed by atoms with Gasteiger partial charge in [0.25, 0.3) is 0 Å². The molecule has 0 aliphatic carbocycles. The second kappa shape index (κ2) is 13.9. The summed E-state index contributed by atoms with van der Waals surface area (Å²) in [7, 11) is 0. The van der Waals surface area contributed by atoms with E-state index >= 15 is 0 Å². The summed E-state index contributed by atoms with van der Waals surface area (Å²) in [6.45, 7) is -0.171. The summed E-state index contributed by atoms with van der Waals surface area (Å²) >= 11 is 13.6. The quantitative estimate of drug-likeness (QED) is 0.189. The highest BCUT2D eigenvalue weighted by molar-refractivity contribution is 7.22. The predicted octanol–water partition coefficient (Wildman–Crippen LogP) is 3.44. The van der Waals surface area contributed by atoms with Crippen LogP contribution in [0.4, 0.5) is 9.93 Å². The zero-order valence-corrected chi connectivity index (χ0v) is 28.5. The summed E-state index contributed by atoms with van der Waals surface area (Å²) in [5.41, 5.74) is 9.74. The van der Waals surface area contributed by atoms with E-state index in [2.05, 4.69) is 30.9 Å². The first-order chi connectivity index (χ1) is 24.2. The van der Waals surface area contributed by atoms with E-state index in [0.29, 0.717) is 32.1 Å². The van der Waals surface area contributed by atoms with Gasteiger partial charge in [0.1, 0.15) is 18.8 Å². The molecule has 0 bridgehead atoms. The second-order valence-corrected chi connectivity index (χ2v) is 13.6. The van der Waals surface area contributed by atoms with Crippen molar-refractivity contribution in [3.63, 3.8) is 0 Å². The van der Waals surface area contributed by atoms with E-state index < -0.39 is 18.2 Å². The zero-order chi connectivity index (χ0) is 34.9. The van der Waals surface area contributed by atoms with Crippen LogP contribution in [0.5, 0.6) is 0 Å². The molecule has 4 heterocycles. The fraction of sp³-hybridized carbons (Fsp3) is 0.250. The Morgan fingerprint density at radius 3 is 2.66 bits per heavy atom. The van der Waals surface area contributed by atoms with Gasteiger partial charge < -0.3 is 20.9 Å². The molecule has 4 amide bonds. The molecule has 2 aliphatic rings.